The van der Waals surface area contributed by atoms with Crippen LogP contribution >= 0.6 is 0 Å². The van der Waals surface area contributed by atoms with E-state index in [0.717, 1.165) is 26.8 Å². The highest BCUT2D eigenvalue weighted by atomic mass is 16.5. The van der Waals surface area contributed by atoms with E-state index in [1.807, 2.05) is 18.2 Å². The van der Waals surface area contributed by atoms with Gasteiger partial charge in [-0.1, -0.05) is 4.68 Å². The Bertz CT molecular complexity index is 772. The van der Waals surface area contributed by atoms with Crippen molar-refractivity contribution in [3.8, 4) is 5.75 Å². The Morgan fingerprint density at radius 2 is 2.29 bits per heavy atom. The molecule has 4 N–H and O–H groups in total. The van der Waals surface area contributed by atoms with Gasteiger partial charge in [0.05, 0.1) is 12.6 Å². The molecule has 0 aliphatic rings. The highest BCUT2D eigenvalue weighted by Gasteiger charge is 2.14. The summed E-state index contributed by atoms with van der Waals surface area (Å²) in [5.41, 5.74) is 1.76. The Labute approximate surface area is 95.6 Å². The quantitative estimate of drug-likeness (QED) is 0.579. The van der Waals surface area contributed by atoms with E-state index in [0.29, 0.717) is 5.52 Å². The van der Waals surface area contributed by atoms with Gasteiger partial charge in [0.1, 0.15) is 5.75 Å². The summed E-state index contributed by atoms with van der Waals surface area (Å²) >= 11 is 0. The fraction of sp³-hybridized carbons (Fsp3) is 0.0909. The number of aromatic amines is 2. The standard InChI is InChI=1S/C11H10N4O2/c1-17-6-2-3-7-8(4-6)14-10-9(7)13-5-15(12)11(10)16/h2-5,14H,12H2,1H3/p+1. The van der Waals surface area contributed by atoms with Gasteiger partial charge in [0.25, 0.3) is 6.33 Å². The zero-order chi connectivity index (χ0) is 12.0. The summed E-state index contributed by atoms with van der Waals surface area (Å²) in [7, 11) is 1.60. The van der Waals surface area contributed by atoms with Gasteiger partial charge in [-0.15, -0.1) is 0 Å². The van der Waals surface area contributed by atoms with E-state index in [-0.39, 0.29) is 5.56 Å². The minimum absolute atomic E-state index is 0.270. The van der Waals surface area contributed by atoms with Crippen LogP contribution in [0.25, 0.3) is 21.9 Å². The van der Waals surface area contributed by atoms with Crippen LogP contribution in [-0.4, -0.2) is 16.8 Å². The van der Waals surface area contributed by atoms with Crippen LogP contribution in [0.5, 0.6) is 5.75 Å². The lowest BCUT2D eigenvalue weighted by Crippen LogP contribution is -2.31. The third kappa shape index (κ3) is 1.27. The van der Waals surface area contributed by atoms with Gasteiger partial charge in [0, 0.05) is 11.5 Å². The van der Waals surface area contributed by atoms with Crippen molar-refractivity contribution in [3.63, 3.8) is 0 Å². The van der Waals surface area contributed by atoms with Gasteiger partial charge < -0.3 is 9.72 Å². The first-order valence-corrected chi connectivity index (χ1v) is 5.08. The molecule has 0 aliphatic heterocycles. The third-order valence-corrected chi connectivity index (χ3v) is 2.80. The molecule has 0 radical (unpaired) electrons. The maximum absolute atomic E-state index is 11.8. The number of nitrogens with two attached hydrogens (primary N) is 1. The maximum atomic E-state index is 11.8. The monoisotopic (exact) mass is 231 g/mol. The second-order valence-corrected chi connectivity index (χ2v) is 3.77. The molecule has 3 rings (SSSR count). The minimum Gasteiger partial charge on any atom is -0.497 e. The van der Waals surface area contributed by atoms with E-state index in [1.54, 1.807) is 7.11 Å². The lowest BCUT2D eigenvalue weighted by molar-refractivity contribution is -0.351. The Hall–Kier alpha value is -2.50. The number of nitrogens with zero attached hydrogens (tertiary/aromatic N) is 1. The van der Waals surface area contributed by atoms with Crippen molar-refractivity contribution < 1.29 is 9.72 Å². The Morgan fingerprint density at radius 1 is 1.47 bits per heavy atom. The molecule has 3 aromatic rings. The highest BCUT2D eigenvalue weighted by Crippen LogP contribution is 2.23. The summed E-state index contributed by atoms with van der Waals surface area (Å²) in [6.07, 6.45) is 1.43. The zero-order valence-corrected chi connectivity index (χ0v) is 9.15. The summed E-state index contributed by atoms with van der Waals surface area (Å²) in [6.45, 7) is 0. The number of nitrogen functional groups attached to an aromatic ring is 1. The van der Waals surface area contributed by atoms with Crippen LogP contribution in [0.3, 0.4) is 0 Å². The molecule has 0 unspecified atom stereocenters. The molecule has 0 saturated carbocycles. The van der Waals surface area contributed by atoms with Crippen LogP contribution in [0.4, 0.5) is 0 Å². The lowest BCUT2D eigenvalue weighted by Gasteiger charge is -1.97. The summed E-state index contributed by atoms with van der Waals surface area (Å²) < 4.78 is 6.14. The molecule has 0 spiro atoms. The van der Waals surface area contributed by atoms with E-state index in [9.17, 15) is 4.79 Å². The van der Waals surface area contributed by atoms with Crippen LogP contribution in [0.15, 0.2) is 29.3 Å². The molecule has 0 amide bonds. The van der Waals surface area contributed by atoms with Crippen LogP contribution in [-0.2, 0) is 0 Å². The predicted molar refractivity (Wildman–Crippen MR) is 63.3 cm³/mol. The molecular formula is C11H11N4O2+. The van der Waals surface area contributed by atoms with Gasteiger partial charge in [-0.05, 0) is 12.1 Å². The fourth-order valence-electron chi connectivity index (χ4n) is 1.94. The normalized spacial score (nSPS) is 11.1. The van der Waals surface area contributed by atoms with Crippen LogP contribution in [0.1, 0.15) is 0 Å². The van der Waals surface area contributed by atoms with Gasteiger partial charge >= 0.3 is 5.56 Å². The average molecular weight is 231 g/mol. The van der Waals surface area contributed by atoms with Gasteiger partial charge in [-0.2, -0.15) is 0 Å². The van der Waals surface area contributed by atoms with Crippen molar-refractivity contribution in [2.24, 2.45) is 0 Å². The van der Waals surface area contributed by atoms with Crippen molar-refractivity contribution in [1.29, 1.82) is 0 Å². The second kappa shape index (κ2) is 3.24. The molecule has 86 valence electrons. The van der Waals surface area contributed by atoms with Crippen LogP contribution in [0.2, 0.25) is 0 Å². The third-order valence-electron chi connectivity index (χ3n) is 2.80. The number of rotatable bonds is 1. The number of benzene rings is 1. The first-order chi connectivity index (χ1) is 8.20. The van der Waals surface area contributed by atoms with E-state index in [4.69, 9.17) is 10.6 Å². The summed E-state index contributed by atoms with van der Waals surface area (Å²) in [5, 5.41) is 0.929. The van der Waals surface area contributed by atoms with E-state index in [1.165, 1.54) is 6.33 Å². The van der Waals surface area contributed by atoms with Crippen molar-refractivity contribution in [2.75, 3.05) is 13.0 Å². The van der Waals surface area contributed by atoms with Crippen molar-refractivity contribution in [1.82, 2.24) is 9.66 Å². The highest BCUT2D eigenvalue weighted by molar-refractivity contribution is 6.02. The van der Waals surface area contributed by atoms with E-state index >= 15 is 0 Å². The van der Waals surface area contributed by atoms with Crippen molar-refractivity contribution in [3.05, 3.63) is 34.9 Å². The Balaban J connectivity index is 2.49. The number of ether oxygens (including phenoxy) is 1. The van der Waals surface area contributed by atoms with Gasteiger partial charge in [-0.3, -0.25) is 5.84 Å². The zero-order valence-electron chi connectivity index (χ0n) is 9.15. The first kappa shape index (κ1) is 9.71. The number of fused-ring (bicyclic) bond motifs is 3. The van der Waals surface area contributed by atoms with Gasteiger partial charge in [0.15, 0.2) is 11.0 Å². The molecule has 1 aromatic carbocycles. The van der Waals surface area contributed by atoms with E-state index in [2.05, 4.69) is 9.97 Å². The Kier molecular flexibility index (Phi) is 1.85. The first-order valence-electron chi connectivity index (χ1n) is 5.08. The molecule has 0 atom stereocenters. The maximum Gasteiger partial charge on any atom is 0.384 e. The molecule has 17 heavy (non-hydrogen) atoms. The second-order valence-electron chi connectivity index (χ2n) is 3.77. The average Bonchev–Trinajstić information content (AvgIpc) is 2.72. The summed E-state index contributed by atoms with van der Waals surface area (Å²) in [4.78, 5) is 17.8. The topological polar surface area (TPSA) is 87.2 Å². The SMILES string of the molecule is COc1ccc2c(c1)[nH]c1c(=O)n(N)c[nH+]c12. The minimum atomic E-state index is -0.270. The van der Waals surface area contributed by atoms with E-state index < -0.39 is 0 Å². The lowest BCUT2D eigenvalue weighted by atomic mass is 10.2. The van der Waals surface area contributed by atoms with Gasteiger partial charge in [0.2, 0.25) is 0 Å². The molecular weight excluding hydrogens is 220 g/mol. The van der Waals surface area contributed by atoms with Crippen LogP contribution < -0.4 is 21.1 Å². The number of nitrogens with one attached hydrogen (secondary N) is 2. The molecule has 0 fully saturated rings. The number of methoxy groups -OCH3 is 1. The van der Waals surface area contributed by atoms with Crippen molar-refractivity contribution in [2.45, 2.75) is 0 Å². The number of hydrogen-bond acceptors (Lipinski definition) is 3. The summed E-state index contributed by atoms with van der Waals surface area (Å²) in [5.74, 6) is 6.23. The van der Waals surface area contributed by atoms with Crippen LogP contribution in [0, 0.1) is 0 Å². The number of H-pyrrole nitrogens is 2. The number of hydrogen-bond donors (Lipinski definition) is 2. The largest absolute Gasteiger partial charge is 0.497 e. The molecule has 6 nitrogen and oxygen atoms in total. The predicted octanol–water partition coefficient (Wildman–Crippen LogP) is 0.0193. The number of aromatic nitrogens is 3. The molecule has 0 aliphatic carbocycles. The smallest absolute Gasteiger partial charge is 0.384 e. The molecule has 2 heterocycles. The summed E-state index contributed by atoms with van der Waals surface area (Å²) in [6, 6.07) is 5.57. The fourth-order valence-corrected chi connectivity index (χ4v) is 1.94. The van der Waals surface area contributed by atoms with Gasteiger partial charge in [-0.25, -0.2) is 9.78 Å². The molecule has 0 saturated heterocycles. The van der Waals surface area contributed by atoms with Crippen molar-refractivity contribution >= 4 is 21.9 Å². The molecule has 0 bridgehead atoms. The Morgan fingerprint density at radius 3 is 3.06 bits per heavy atom. The molecule has 6 heteroatoms. The molecule has 2 aromatic heterocycles.